The molecule has 0 radical (unpaired) electrons. The van der Waals surface area contributed by atoms with Crippen molar-refractivity contribution in [1.82, 2.24) is 0 Å². The lowest BCUT2D eigenvalue weighted by atomic mass is 10.2. The third-order valence-corrected chi connectivity index (χ3v) is 2.36. The first-order chi connectivity index (χ1) is 7.65. The second-order valence-corrected chi connectivity index (χ2v) is 3.61. The fourth-order valence-electron chi connectivity index (χ4n) is 1.03. The summed E-state index contributed by atoms with van der Waals surface area (Å²) in [6, 6.07) is 6.13. The summed E-state index contributed by atoms with van der Waals surface area (Å²) >= 11 is 0. The van der Waals surface area contributed by atoms with Gasteiger partial charge in [-0.15, -0.1) is 0 Å². The number of benzene rings is 1. The van der Waals surface area contributed by atoms with Crippen LogP contribution in [0, 0.1) is 10.1 Å². The summed E-state index contributed by atoms with van der Waals surface area (Å²) in [6.07, 6.45) is 1.05. The van der Waals surface area contributed by atoms with Gasteiger partial charge in [0.05, 0.1) is 23.4 Å². The number of nitro benzene ring substituents is 1. The molecule has 0 bridgehead atoms. The van der Waals surface area contributed by atoms with E-state index in [-0.39, 0.29) is 12.3 Å². The van der Waals surface area contributed by atoms with Gasteiger partial charge < -0.3 is 9.42 Å². The van der Waals surface area contributed by atoms with Gasteiger partial charge in [0.15, 0.2) is 0 Å². The van der Waals surface area contributed by atoms with Crippen molar-refractivity contribution in [3.05, 3.63) is 52.8 Å². The van der Waals surface area contributed by atoms with Crippen LogP contribution in [-0.2, 0) is 15.7 Å². The molecule has 0 saturated heterocycles. The zero-order valence-electron chi connectivity index (χ0n) is 8.28. The summed E-state index contributed by atoms with van der Waals surface area (Å²) < 4.78 is 9.44. The van der Waals surface area contributed by atoms with Crippen LogP contribution in [0.1, 0.15) is 5.56 Å². The van der Waals surface area contributed by atoms with E-state index in [1.54, 1.807) is 18.2 Å². The topological polar surface area (TPSA) is 81.8 Å². The van der Waals surface area contributed by atoms with Crippen LogP contribution in [0.5, 0.6) is 0 Å². The Labute approximate surface area is 93.3 Å². The molecule has 0 heterocycles. The number of nitrogens with zero attached hydrogens (tertiary/aromatic N) is 1. The van der Waals surface area contributed by atoms with Crippen LogP contribution in [-0.4, -0.2) is 9.82 Å². The van der Waals surface area contributed by atoms with Crippen LogP contribution in [0.2, 0.25) is 0 Å². The molecule has 86 valence electrons. The number of nitro groups is 1. The zero-order valence-corrected chi connectivity index (χ0v) is 9.17. The van der Waals surface area contributed by atoms with E-state index in [1.165, 1.54) is 6.07 Å². The Balaban J connectivity index is 2.66. The summed E-state index contributed by atoms with van der Waals surface area (Å²) in [7, 11) is -2.08. The predicted molar refractivity (Wildman–Crippen MR) is 58.3 cm³/mol. The minimum Gasteiger partial charge on any atom is -0.435 e. The highest BCUT2D eigenvalue weighted by atomic mass is 31.2. The van der Waals surface area contributed by atoms with Crippen molar-refractivity contribution in [2.75, 3.05) is 0 Å². The Morgan fingerprint density at radius 3 is 2.88 bits per heavy atom. The lowest BCUT2D eigenvalue weighted by molar-refractivity contribution is -0.385. The first-order valence-corrected chi connectivity index (χ1v) is 5.40. The molecule has 7 heteroatoms. The molecule has 1 unspecified atom stereocenters. The van der Waals surface area contributed by atoms with Gasteiger partial charge in [-0.3, -0.25) is 14.6 Å². The van der Waals surface area contributed by atoms with Gasteiger partial charge in [-0.05, 0) is 6.07 Å². The molecule has 0 aliphatic carbocycles. The van der Waals surface area contributed by atoms with Gasteiger partial charge in [0.1, 0.15) is 0 Å². The molecule has 16 heavy (non-hydrogen) atoms. The SMILES string of the molecule is C=COP(O)OCc1ccccc1[N+](=O)[O-]. The normalized spacial score (nSPS) is 11.8. The van der Waals surface area contributed by atoms with E-state index >= 15 is 0 Å². The first-order valence-electron chi connectivity index (χ1n) is 4.27. The van der Waals surface area contributed by atoms with Crippen LogP contribution in [0.4, 0.5) is 5.69 Å². The quantitative estimate of drug-likeness (QED) is 0.359. The maximum absolute atomic E-state index is 10.6. The van der Waals surface area contributed by atoms with Crippen molar-refractivity contribution >= 4 is 14.3 Å². The number of hydrogen-bond acceptors (Lipinski definition) is 5. The van der Waals surface area contributed by atoms with Crippen LogP contribution < -0.4 is 0 Å². The lowest BCUT2D eigenvalue weighted by Gasteiger charge is -2.08. The highest BCUT2D eigenvalue weighted by molar-refractivity contribution is 7.40. The van der Waals surface area contributed by atoms with Gasteiger partial charge in [-0.25, -0.2) is 0 Å². The van der Waals surface area contributed by atoms with E-state index in [2.05, 4.69) is 11.1 Å². The molecule has 1 rings (SSSR count). The lowest BCUT2D eigenvalue weighted by Crippen LogP contribution is -1.96. The molecule has 6 nitrogen and oxygen atoms in total. The monoisotopic (exact) mass is 243 g/mol. The second-order valence-electron chi connectivity index (χ2n) is 2.67. The van der Waals surface area contributed by atoms with E-state index < -0.39 is 13.5 Å². The van der Waals surface area contributed by atoms with E-state index in [1.807, 2.05) is 0 Å². The van der Waals surface area contributed by atoms with Crippen molar-refractivity contribution < 1.29 is 18.9 Å². The summed E-state index contributed by atoms with van der Waals surface area (Å²) in [4.78, 5) is 19.2. The molecule has 0 aromatic heterocycles. The molecule has 1 N–H and O–H groups in total. The van der Waals surface area contributed by atoms with Crippen LogP contribution in [0.25, 0.3) is 0 Å². The van der Waals surface area contributed by atoms with Crippen molar-refractivity contribution in [3.63, 3.8) is 0 Å². The van der Waals surface area contributed by atoms with Gasteiger partial charge in [0.2, 0.25) is 0 Å². The number of rotatable bonds is 6. The summed E-state index contributed by atoms with van der Waals surface area (Å²) in [5.41, 5.74) is 0.325. The summed E-state index contributed by atoms with van der Waals surface area (Å²) in [5.74, 6) is 0. The average Bonchev–Trinajstić information content (AvgIpc) is 2.27. The fraction of sp³-hybridized carbons (Fsp3) is 0.111. The van der Waals surface area contributed by atoms with E-state index in [4.69, 9.17) is 9.42 Å². The van der Waals surface area contributed by atoms with Crippen molar-refractivity contribution in [2.45, 2.75) is 6.61 Å². The molecule has 1 aromatic carbocycles. The third kappa shape index (κ3) is 3.58. The largest absolute Gasteiger partial charge is 0.435 e. The highest BCUT2D eigenvalue weighted by Crippen LogP contribution is 2.35. The predicted octanol–water partition coefficient (Wildman–Crippen LogP) is 2.49. The molecule has 0 aliphatic rings. The minimum absolute atomic E-state index is 0.0514. The van der Waals surface area contributed by atoms with Crippen molar-refractivity contribution in [2.24, 2.45) is 0 Å². The Kier molecular flexibility index (Phi) is 4.85. The maximum Gasteiger partial charge on any atom is 0.394 e. The van der Waals surface area contributed by atoms with Crippen LogP contribution >= 0.6 is 8.60 Å². The molecular formula is C9H10NO5P. The Morgan fingerprint density at radius 1 is 1.56 bits per heavy atom. The van der Waals surface area contributed by atoms with Crippen LogP contribution in [0.15, 0.2) is 37.1 Å². The molecule has 0 spiro atoms. The second kappa shape index (κ2) is 6.17. The van der Waals surface area contributed by atoms with Gasteiger partial charge in [0, 0.05) is 6.07 Å². The molecule has 1 atom stereocenters. The van der Waals surface area contributed by atoms with E-state index in [0.29, 0.717) is 5.56 Å². The minimum atomic E-state index is -2.08. The zero-order chi connectivity index (χ0) is 12.0. The van der Waals surface area contributed by atoms with Gasteiger partial charge >= 0.3 is 8.60 Å². The van der Waals surface area contributed by atoms with Crippen LogP contribution in [0.3, 0.4) is 0 Å². The molecular weight excluding hydrogens is 233 g/mol. The molecule has 1 aromatic rings. The molecule has 0 saturated carbocycles. The molecule has 0 amide bonds. The van der Waals surface area contributed by atoms with Gasteiger partial charge in [-0.1, -0.05) is 18.7 Å². The molecule has 0 aliphatic heterocycles. The molecule has 0 fully saturated rings. The first kappa shape index (κ1) is 12.6. The van der Waals surface area contributed by atoms with E-state index in [0.717, 1.165) is 6.26 Å². The smallest absolute Gasteiger partial charge is 0.394 e. The standard InChI is InChI=1S/C9H10NO5P/c1-2-14-16(13)15-7-8-5-3-4-6-9(8)10(11)12/h2-6,13H,1,7H2. The maximum atomic E-state index is 10.6. The Morgan fingerprint density at radius 2 is 2.25 bits per heavy atom. The fourth-order valence-corrected chi connectivity index (χ4v) is 1.47. The van der Waals surface area contributed by atoms with Gasteiger partial charge in [0.25, 0.3) is 5.69 Å². The Bertz CT molecular complexity index is 384. The van der Waals surface area contributed by atoms with Crippen molar-refractivity contribution in [3.8, 4) is 0 Å². The third-order valence-electron chi connectivity index (χ3n) is 1.68. The van der Waals surface area contributed by atoms with Gasteiger partial charge in [-0.2, -0.15) is 0 Å². The number of hydrogen-bond donors (Lipinski definition) is 1. The summed E-state index contributed by atoms with van der Waals surface area (Å²) in [6.45, 7) is 3.16. The number of para-hydroxylation sites is 1. The Hall–Kier alpha value is -1.49. The van der Waals surface area contributed by atoms with E-state index in [9.17, 15) is 10.1 Å². The average molecular weight is 243 g/mol. The summed E-state index contributed by atoms with van der Waals surface area (Å²) in [5, 5.41) is 10.6. The van der Waals surface area contributed by atoms with Crippen molar-refractivity contribution in [1.29, 1.82) is 0 Å². The highest BCUT2D eigenvalue weighted by Gasteiger charge is 2.14.